The lowest BCUT2D eigenvalue weighted by Crippen LogP contribution is -1.95. The first kappa shape index (κ1) is 20.4. The molecule has 0 spiro atoms. The Morgan fingerprint density at radius 3 is 1.86 bits per heavy atom. The highest BCUT2D eigenvalue weighted by molar-refractivity contribution is 9.09. The maximum atomic E-state index is 3.43. The molecule has 2 rings (SSSR count). The standard InChI is InChI=1S/C10H16.C5H11Br.C5H6/c1-3-6-9(2)10-7-4-5-8-10;1-3-4-5(2)6;1-2-4-5-3-1/h4-5,7,9H,3,6,8H2,1-2H3;5H,3-4H2,1-2H3;1-4H,5H2. The lowest BCUT2D eigenvalue weighted by Gasteiger charge is -2.10. The van der Waals surface area contributed by atoms with Crippen molar-refractivity contribution in [2.75, 3.05) is 0 Å². The predicted molar refractivity (Wildman–Crippen MR) is 102 cm³/mol. The molecule has 1 heteroatoms. The molecular formula is C20H33Br. The molecule has 0 amide bonds. The zero-order valence-corrected chi connectivity index (χ0v) is 15.9. The smallest absolute Gasteiger partial charge is 0.0117 e. The molecule has 0 nitrogen and oxygen atoms in total. The third-order valence-electron chi connectivity index (χ3n) is 3.50. The summed E-state index contributed by atoms with van der Waals surface area (Å²) in [6.07, 6.45) is 22.6. The minimum Gasteiger partial charge on any atom is -0.0894 e. The second kappa shape index (κ2) is 14.4. The van der Waals surface area contributed by atoms with Crippen LogP contribution in [0.15, 0.2) is 48.1 Å². The van der Waals surface area contributed by atoms with Crippen LogP contribution in [0.2, 0.25) is 0 Å². The van der Waals surface area contributed by atoms with Crippen LogP contribution >= 0.6 is 15.9 Å². The molecule has 2 aliphatic carbocycles. The van der Waals surface area contributed by atoms with Gasteiger partial charge in [-0.15, -0.1) is 0 Å². The first-order chi connectivity index (χ1) is 10.1. The largest absolute Gasteiger partial charge is 0.0894 e. The van der Waals surface area contributed by atoms with E-state index in [9.17, 15) is 0 Å². The van der Waals surface area contributed by atoms with E-state index in [1.807, 2.05) is 0 Å². The van der Waals surface area contributed by atoms with Gasteiger partial charge in [0.2, 0.25) is 0 Å². The van der Waals surface area contributed by atoms with Crippen molar-refractivity contribution < 1.29 is 0 Å². The highest BCUT2D eigenvalue weighted by Gasteiger charge is 2.07. The van der Waals surface area contributed by atoms with Crippen LogP contribution in [0.3, 0.4) is 0 Å². The maximum absolute atomic E-state index is 3.43. The van der Waals surface area contributed by atoms with E-state index in [0.717, 1.165) is 12.3 Å². The molecule has 0 N–H and O–H groups in total. The van der Waals surface area contributed by atoms with E-state index in [1.165, 1.54) is 32.1 Å². The minimum absolute atomic E-state index is 0.711. The third kappa shape index (κ3) is 12.9. The molecule has 2 atom stereocenters. The van der Waals surface area contributed by atoms with Gasteiger partial charge in [-0.2, -0.15) is 0 Å². The molecule has 2 unspecified atom stereocenters. The van der Waals surface area contributed by atoms with Gasteiger partial charge < -0.3 is 0 Å². The summed E-state index contributed by atoms with van der Waals surface area (Å²) in [6, 6.07) is 0. The van der Waals surface area contributed by atoms with Gasteiger partial charge in [-0.05, 0) is 31.6 Å². The van der Waals surface area contributed by atoms with E-state index in [0.29, 0.717) is 4.83 Å². The van der Waals surface area contributed by atoms with Crippen molar-refractivity contribution in [3.05, 3.63) is 48.1 Å². The van der Waals surface area contributed by atoms with Gasteiger partial charge in [0.05, 0.1) is 0 Å². The highest BCUT2D eigenvalue weighted by atomic mass is 79.9. The molecule has 0 aliphatic heterocycles. The van der Waals surface area contributed by atoms with Crippen molar-refractivity contribution in [3.8, 4) is 0 Å². The Morgan fingerprint density at radius 1 is 0.952 bits per heavy atom. The first-order valence-corrected chi connectivity index (χ1v) is 9.34. The molecule has 0 fully saturated rings. The van der Waals surface area contributed by atoms with Crippen LogP contribution in [0, 0.1) is 5.92 Å². The van der Waals surface area contributed by atoms with Crippen LogP contribution in [0.1, 0.15) is 66.2 Å². The summed E-state index contributed by atoms with van der Waals surface area (Å²) in [4.78, 5) is 0.711. The lowest BCUT2D eigenvalue weighted by molar-refractivity contribution is 0.594. The molecule has 0 radical (unpaired) electrons. The normalized spacial score (nSPS) is 17.5. The van der Waals surface area contributed by atoms with Gasteiger partial charge in [0.1, 0.15) is 0 Å². The number of rotatable bonds is 5. The quantitative estimate of drug-likeness (QED) is 0.452. The molecule has 0 bridgehead atoms. The predicted octanol–water partition coefficient (Wildman–Crippen LogP) is 7.38. The number of hydrogen-bond acceptors (Lipinski definition) is 0. The molecule has 120 valence electrons. The van der Waals surface area contributed by atoms with Crippen molar-refractivity contribution in [3.63, 3.8) is 0 Å². The lowest BCUT2D eigenvalue weighted by atomic mass is 9.96. The van der Waals surface area contributed by atoms with Crippen molar-refractivity contribution in [2.24, 2.45) is 5.92 Å². The number of halogens is 1. The Kier molecular flexibility index (Phi) is 14.0. The van der Waals surface area contributed by atoms with Crippen LogP contribution in [0.25, 0.3) is 0 Å². The summed E-state index contributed by atoms with van der Waals surface area (Å²) >= 11 is 3.43. The van der Waals surface area contributed by atoms with E-state index in [-0.39, 0.29) is 0 Å². The van der Waals surface area contributed by atoms with Crippen molar-refractivity contribution >= 4 is 15.9 Å². The topological polar surface area (TPSA) is 0 Å². The summed E-state index contributed by atoms with van der Waals surface area (Å²) < 4.78 is 0. The van der Waals surface area contributed by atoms with E-state index >= 15 is 0 Å². The van der Waals surface area contributed by atoms with Crippen LogP contribution in [-0.4, -0.2) is 4.83 Å². The van der Waals surface area contributed by atoms with Gasteiger partial charge in [0.25, 0.3) is 0 Å². The van der Waals surface area contributed by atoms with E-state index in [4.69, 9.17) is 0 Å². The fourth-order valence-electron chi connectivity index (χ4n) is 2.24. The van der Waals surface area contributed by atoms with Crippen molar-refractivity contribution in [1.29, 1.82) is 0 Å². The monoisotopic (exact) mass is 352 g/mol. The molecule has 0 saturated carbocycles. The minimum atomic E-state index is 0.711. The molecule has 0 aromatic rings. The summed E-state index contributed by atoms with van der Waals surface area (Å²) in [5, 5.41) is 0. The Morgan fingerprint density at radius 2 is 1.57 bits per heavy atom. The van der Waals surface area contributed by atoms with E-state index in [2.05, 4.69) is 86.2 Å². The van der Waals surface area contributed by atoms with Gasteiger partial charge in [-0.1, -0.05) is 105 Å². The average Bonchev–Trinajstić information content (AvgIpc) is 3.16. The number of alkyl halides is 1. The third-order valence-corrected chi connectivity index (χ3v) is 3.95. The first-order valence-electron chi connectivity index (χ1n) is 8.43. The summed E-state index contributed by atoms with van der Waals surface area (Å²) in [6.45, 7) is 8.93. The summed E-state index contributed by atoms with van der Waals surface area (Å²) in [5.74, 6) is 0.806. The van der Waals surface area contributed by atoms with Crippen LogP contribution in [-0.2, 0) is 0 Å². The van der Waals surface area contributed by atoms with Gasteiger partial charge >= 0.3 is 0 Å². The molecule has 21 heavy (non-hydrogen) atoms. The Bertz CT molecular complexity index is 335. The molecule has 0 saturated heterocycles. The second-order valence-corrected chi connectivity index (χ2v) is 7.29. The van der Waals surface area contributed by atoms with Gasteiger partial charge in [0, 0.05) is 4.83 Å². The summed E-state index contributed by atoms with van der Waals surface area (Å²) in [5.41, 5.74) is 1.61. The maximum Gasteiger partial charge on any atom is 0.0117 e. The van der Waals surface area contributed by atoms with Gasteiger partial charge in [-0.3, -0.25) is 0 Å². The molecule has 0 aromatic heterocycles. The fourth-order valence-corrected chi connectivity index (χ4v) is 2.70. The average molecular weight is 353 g/mol. The van der Waals surface area contributed by atoms with Crippen LogP contribution in [0.5, 0.6) is 0 Å². The fraction of sp³-hybridized carbons (Fsp3) is 0.600. The van der Waals surface area contributed by atoms with E-state index < -0.39 is 0 Å². The van der Waals surface area contributed by atoms with Gasteiger partial charge in [0.15, 0.2) is 0 Å². The van der Waals surface area contributed by atoms with E-state index in [1.54, 1.807) is 5.57 Å². The van der Waals surface area contributed by atoms with Crippen LogP contribution in [0.4, 0.5) is 0 Å². The second-order valence-electron chi connectivity index (χ2n) is 5.73. The van der Waals surface area contributed by atoms with Crippen LogP contribution < -0.4 is 0 Å². The Balaban J connectivity index is 0.000000311. The number of hydrogen-bond donors (Lipinski definition) is 0. The molecular weight excluding hydrogens is 320 g/mol. The number of allylic oxidation sites excluding steroid dienone is 8. The molecule has 0 heterocycles. The molecule has 0 aromatic carbocycles. The SMILES string of the molecule is C1=CCC=C1.CCCC(C)Br.CCCC(C)C1=CC=CC1. The zero-order chi connectivity index (χ0) is 15.9. The van der Waals surface area contributed by atoms with Crippen molar-refractivity contribution in [1.82, 2.24) is 0 Å². The van der Waals surface area contributed by atoms with Crippen molar-refractivity contribution in [2.45, 2.75) is 71.0 Å². The summed E-state index contributed by atoms with van der Waals surface area (Å²) in [7, 11) is 0. The Hall–Kier alpha value is -0.560. The highest BCUT2D eigenvalue weighted by Crippen LogP contribution is 2.23. The van der Waals surface area contributed by atoms with Gasteiger partial charge in [-0.25, -0.2) is 0 Å². The Labute approximate surface area is 141 Å². The zero-order valence-electron chi connectivity index (χ0n) is 14.3. The molecule has 2 aliphatic rings.